The van der Waals surface area contributed by atoms with E-state index in [1.807, 2.05) is 21.1 Å². The van der Waals surface area contributed by atoms with Gasteiger partial charge in [0.2, 0.25) is 0 Å². The van der Waals surface area contributed by atoms with E-state index in [-0.39, 0.29) is 25.8 Å². The van der Waals surface area contributed by atoms with E-state index >= 15 is 0 Å². The molecule has 0 aromatic rings. The molecule has 2 atom stereocenters. The van der Waals surface area contributed by atoms with Gasteiger partial charge in [-0.3, -0.25) is 13.8 Å². The molecule has 0 aliphatic rings. The molecule has 0 aliphatic carbocycles. The maximum Gasteiger partial charge on any atom is 0.472 e. The molecule has 0 aromatic heterocycles. The molecule has 398 valence electrons. The highest BCUT2D eigenvalue weighted by atomic mass is 31.2. The quantitative estimate of drug-likeness (QED) is 0.0213. The van der Waals surface area contributed by atoms with Crippen LogP contribution in [-0.2, 0) is 27.9 Å². The summed E-state index contributed by atoms with van der Waals surface area (Å²) >= 11 is 0. The van der Waals surface area contributed by atoms with Gasteiger partial charge in [0, 0.05) is 13.0 Å². The Kier molecular flexibility index (Phi) is 50.2. The van der Waals surface area contributed by atoms with Crippen LogP contribution in [-0.4, -0.2) is 75.6 Å². The van der Waals surface area contributed by atoms with Gasteiger partial charge >= 0.3 is 13.8 Å². The molecule has 0 saturated heterocycles. The molecule has 9 heteroatoms. The molecule has 0 saturated carbocycles. The van der Waals surface area contributed by atoms with Crippen LogP contribution in [0, 0.1) is 0 Å². The molecule has 0 bridgehead atoms. The van der Waals surface area contributed by atoms with Gasteiger partial charge in [0.25, 0.3) is 0 Å². The Morgan fingerprint density at radius 2 is 0.853 bits per heavy atom. The van der Waals surface area contributed by atoms with Gasteiger partial charge in [0.15, 0.2) is 0 Å². The number of nitrogens with zero attached hydrogens (tertiary/aromatic N) is 1. The number of hydrogen-bond donors (Lipinski definition) is 1. The van der Waals surface area contributed by atoms with E-state index in [1.165, 1.54) is 148 Å². The highest BCUT2D eigenvalue weighted by Crippen LogP contribution is 2.43. The maximum absolute atomic E-state index is 12.8. The first kappa shape index (κ1) is 66.2. The molecule has 0 aromatic carbocycles. The number of rotatable bonds is 53. The molecular formula is C59H111NO7P+. The summed E-state index contributed by atoms with van der Waals surface area (Å²) < 4.78 is 35.2. The van der Waals surface area contributed by atoms with Gasteiger partial charge in [-0.25, -0.2) is 4.57 Å². The van der Waals surface area contributed by atoms with Gasteiger partial charge in [0.05, 0.1) is 34.4 Å². The summed E-state index contributed by atoms with van der Waals surface area (Å²) in [6, 6.07) is 0. The molecule has 0 radical (unpaired) electrons. The third kappa shape index (κ3) is 55.1. The first-order valence-electron chi connectivity index (χ1n) is 28.5. The predicted molar refractivity (Wildman–Crippen MR) is 293 cm³/mol. The van der Waals surface area contributed by atoms with Crippen LogP contribution in [0.1, 0.15) is 251 Å². The Hall–Kier alpha value is -1.80. The molecule has 0 spiro atoms. The van der Waals surface area contributed by atoms with Crippen molar-refractivity contribution in [3.8, 4) is 0 Å². The Labute approximate surface area is 421 Å². The van der Waals surface area contributed by atoms with Crippen molar-refractivity contribution in [2.24, 2.45) is 0 Å². The van der Waals surface area contributed by atoms with Crippen molar-refractivity contribution in [2.75, 3.05) is 54.1 Å². The van der Waals surface area contributed by atoms with Crippen molar-refractivity contribution in [3.63, 3.8) is 0 Å². The number of carbonyl (C=O) groups is 1. The fourth-order valence-corrected chi connectivity index (χ4v) is 8.74. The highest BCUT2D eigenvalue weighted by Gasteiger charge is 2.26. The van der Waals surface area contributed by atoms with E-state index in [9.17, 15) is 14.3 Å². The van der Waals surface area contributed by atoms with E-state index in [4.69, 9.17) is 18.5 Å². The third-order valence-electron chi connectivity index (χ3n) is 12.3. The van der Waals surface area contributed by atoms with Crippen LogP contribution in [0.15, 0.2) is 60.8 Å². The number of unbranched alkanes of at least 4 members (excludes halogenated alkanes) is 29. The van der Waals surface area contributed by atoms with Gasteiger partial charge in [-0.15, -0.1) is 0 Å². The number of esters is 1. The van der Waals surface area contributed by atoms with Crippen LogP contribution in [0.2, 0.25) is 0 Å². The number of ether oxygens (including phenoxy) is 2. The second-order valence-corrected chi connectivity index (χ2v) is 21.8. The highest BCUT2D eigenvalue weighted by molar-refractivity contribution is 7.47. The van der Waals surface area contributed by atoms with Crippen molar-refractivity contribution in [3.05, 3.63) is 60.8 Å². The van der Waals surface area contributed by atoms with Crippen molar-refractivity contribution < 1.29 is 37.3 Å². The zero-order valence-corrected chi connectivity index (χ0v) is 46.2. The summed E-state index contributed by atoms with van der Waals surface area (Å²) in [6.07, 6.45) is 67.2. The molecule has 0 fully saturated rings. The number of phosphoric ester groups is 1. The topological polar surface area (TPSA) is 91.3 Å². The van der Waals surface area contributed by atoms with Crippen LogP contribution in [0.5, 0.6) is 0 Å². The Morgan fingerprint density at radius 1 is 0.471 bits per heavy atom. The monoisotopic (exact) mass is 977 g/mol. The number of quaternary nitrogens is 1. The average Bonchev–Trinajstić information content (AvgIpc) is 3.30. The fraction of sp³-hybridized carbons (Fsp3) is 0.814. The summed E-state index contributed by atoms with van der Waals surface area (Å²) in [6.45, 7) is 5.52. The molecule has 0 rings (SSSR count). The van der Waals surface area contributed by atoms with Gasteiger partial charge in [-0.2, -0.15) is 0 Å². The number of hydrogen-bond acceptors (Lipinski definition) is 6. The zero-order valence-electron chi connectivity index (χ0n) is 45.3. The third-order valence-corrected chi connectivity index (χ3v) is 13.3. The van der Waals surface area contributed by atoms with E-state index in [0.29, 0.717) is 24.1 Å². The average molecular weight is 978 g/mol. The van der Waals surface area contributed by atoms with Crippen molar-refractivity contribution in [1.29, 1.82) is 0 Å². The molecular weight excluding hydrogens is 866 g/mol. The second kappa shape index (κ2) is 51.6. The number of allylic oxidation sites excluding steroid dienone is 10. The van der Waals surface area contributed by atoms with Crippen LogP contribution >= 0.6 is 7.82 Å². The molecule has 68 heavy (non-hydrogen) atoms. The number of phosphoric acid groups is 1. The maximum atomic E-state index is 12.8. The normalized spacial score (nSPS) is 13.9. The second-order valence-electron chi connectivity index (χ2n) is 20.3. The lowest BCUT2D eigenvalue weighted by molar-refractivity contribution is -0.870. The summed E-state index contributed by atoms with van der Waals surface area (Å²) in [5.74, 6) is -0.329. The van der Waals surface area contributed by atoms with Crippen LogP contribution in [0.4, 0.5) is 0 Å². The van der Waals surface area contributed by atoms with Gasteiger partial charge < -0.3 is 18.9 Å². The molecule has 0 amide bonds. The van der Waals surface area contributed by atoms with Crippen molar-refractivity contribution in [2.45, 2.75) is 258 Å². The van der Waals surface area contributed by atoms with Crippen molar-refractivity contribution in [1.82, 2.24) is 0 Å². The summed E-state index contributed by atoms with van der Waals surface area (Å²) in [5, 5.41) is 0. The Balaban J connectivity index is 4.09. The molecule has 0 heterocycles. The lowest BCUT2D eigenvalue weighted by atomic mass is 10.0. The molecule has 0 aliphatic heterocycles. The smallest absolute Gasteiger partial charge is 0.457 e. The fourth-order valence-electron chi connectivity index (χ4n) is 7.99. The SMILES string of the molecule is CC/C=C\C/C=C\C/C=C\C/C=C\C/C=C\CCCCCCCC(=O)OC(COCCCCCCCCCCCCCCCCCCCCCCCCCCC)COP(=O)(O)OCC[N+](C)(C)C. The van der Waals surface area contributed by atoms with Gasteiger partial charge in [-0.1, -0.05) is 248 Å². The Bertz CT molecular complexity index is 1270. The van der Waals surface area contributed by atoms with E-state index in [2.05, 4.69) is 74.6 Å². The number of likely N-dealkylation sites (N-methyl/N-ethyl adjacent to an activating group) is 1. The summed E-state index contributed by atoms with van der Waals surface area (Å²) in [5.41, 5.74) is 0. The summed E-state index contributed by atoms with van der Waals surface area (Å²) in [7, 11) is 1.66. The lowest BCUT2D eigenvalue weighted by Gasteiger charge is -2.24. The number of carbonyl (C=O) groups excluding carboxylic acids is 1. The minimum absolute atomic E-state index is 0.0835. The largest absolute Gasteiger partial charge is 0.472 e. The first-order chi connectivity index (χ1) is 33.1. The van der Waals surface area contributed by atoms with Crippen LogP contribution in [0.25, 0.3) is 0 Å². The zero-order chi connectivity index (χ0) is 49.8. The predicted octanol–water partition coefficient (Wildman–Crippen LogP) is 18.0. The van der Waals surface area contributed by atoms with E-state index in [0.717, 1.165) is 83.5 Å². The molecule has 8 nitrogen and oxygen atoms in total. The summed E-state index contributed by atoms with van der Waals surface area (Å²) in [4.78, 5) is 23.1. The van der Waals surface area contributed by atoms with E-state index < -0.39 is 13.9 Å². The van der Waals surface area contributed by atoms with Crippen LogP contribution < -0.4 is 0 Å². The minimum Gasteiger partial charge on any atom is -0.457 e. The minimum atomic E-state index is -4.29. The van der Waals surface area contributed by atoms with Crippen LogP contribution in [0.3, 0.4) is 0 Å². The van der Waals surface area contributed by atoms with Crippen molar-refractivity contribution >= 4 is 13.8 Å². The Morgan fingerprint density at radius 3 is 1.28 bits per heavy atom. The lowest BCUT2D eigenvalue weighted by Crippen LogP contribution is -2.37. The van der Waals surface area contributed by atoms with E-state index in [1.54, 1.807) is 0 Å². The molecule has 2 unspecified atom stereocenters. The van der Waals surface area contributed by atoms with Gasteiger partial charge in [0.1, 0.15) is 19.3 Å². The standard InChI is InChI=1S/C59H110NO7P/c1-6-8-10-12-14-16-18-20-22-24-26-28-29-30-31-33-35-37-39-41-43-45-47-49-51-54-64-56-58(57-66-68(62,63)65-55-53-60(3,4)5)67-59(61)52-50-48-46-44-42-40-38-36-34-32-27-25-23-21-19-17-15-13-11-9-7-2/h9,11,15,17,21,23,27,32,36,38,58H,6-8,10,12-14,16,18-20,22,24-26,28-31,33-35,37,39-57H2,1-5H3/p+1/b11-9-,17-15-,23-21-,32-27-,38-36-. The molecule has 1 N–H and O–H groups in total. The van der Waals surface area contributed by atoms with Gasteiger partial charge in [-0.05, 0) is 57.8 Å². The first-order valence-corrected chi connectivity index (χ1v) is 30.0.